The normalized spacial score (nSPS) is 57.9. The zero-order valence-electron chi connectivity index (χ0n) is 17.2. The van der Waals surface area contributed by atoms with Crippen LogP contribution in [0.15, 0.2) is 11.6 Å². The Balaban J connectivity index is 1.41. The van der Waals surface area contributed by atoms with E-state index >= 15 is 0 Å². The van der Waals surface area contributed by atoms with E-state index in [2.05, 4.69) is 19.9 Å². The highest BCUT2D eigenvalue weighted by Crippen LogP contribution is 2.71. The molecular formula is C23H34O5. The molecule has 0 radical (unpaired) electrons. The number of hydrogen-bond donors (Lipinski definition) is 1. The van der Waals surface area contributed by atoms with Crippen molar-refractivity contribution in [3.63, 3.8) is 0 Å². The molecule has 0 aromatic carbocycles. The molecule has 4 aliphatic carbocycles. The number of aliphatic hydroxyl groups excluding tert-OH is 1. The number of aliphatic hydroxyl groups is 1. The lowest BCUT2D eigenvalue weighted by atomic mass is 9.45. The van der Waals surface area contributed by atoms with Gasteiger partial charge in [0.25, 0.3) is 0 Å². The van der Waals surface area contributed by atoms with Gasteiger partial charge in [-0.15, -0.1) is 0 Å². The molecule has 2 heterocycles. The van der Waals surface area contributed by atoms with E-state index in [1.165, 1.54) is 32.1 Å². The smallest absolute Gasteiger partial charge is 0.226 e. The average molecular weight is 391 g/mol. The summed E-state index contributed by atoms with van der Waals surface area (Å²) in [6, 6.07) is 0. The van der Waals surface area contributed by atoms with Gasteiger partial charge in [0.15, 0.2) is 13.6 Å². The van der Waals surface area contributed by atoms with Crippen molar-refractivity contribution in [3.05, 3.63) is 11.6 Å². The van der Waals surface area contributed by atoms with Crippen LogP contribution in [0.5, 0.6) is 0 Å². The molecule has 1 N–H and O–H groups in total. The van der Waals surface area contributed by atoms with Gasteiger partial charge in [0.2, 0.25) is 5.79 Å². The molecule has 0 bridgehead atoms. The lowest BCUT2D eigenvalue weighted by molar-refractivity contribution is -0.257. The molecule has 8 atom stereocenters. The van der Waals surface area contributed by atoms with Crippen LogP contribution in [0.3, 0.4) is 0 Å². The van der Waals surface area contributed by atoms with E-state index < -0.39 is 11.4 Å². The first-order valence-corrected chi connectivity index (χ1v) is 11.3. The van der Waals surface area contributed by atoms with E-state index in [-0.39, 0.29) is 30.5 Å². The van der Waals surface area contributed by atoms with Crippen molar-refractivity contribution in [1.82, 2.24) is 0 Å². The highest BCUT2D eigenvalue weighted by molar-refractivity contribution is 5.27. The molecule has 5 nitrogen and oxygen atoms in total. The Morgan fingerprint density at radius 2 is 1.93 bits per heavy atom. The standard InChI is InChI=1S/C23H34O5/c1-20-9-4-3-5-15(20)6-7-16-17-8-10-22(21(17,2)11-18(24)19(16)20)23(28-14-26-22)12-25-13-27-23/h5,16-19,24H,3-4,6-14H2,1-2H3/t16-,17-,18-,19+,20-,21-,22+,23?/m0/s1. The highest BCUT2D eigenvalue weighted by atomic mass is 16.9. The van der Waals surface area contributed by atoms with E-state index in [0.717, 1.165) is 19.3 Å². The molecular weight excluding hydrogens is 356 g/mol. The number of ether oxygens (including phenoxy) is 4. The largest absolute Gasteiger partial charge is 0.393 e. The van der Waals surface area contributed by atoms with Gasteiger partial charge in [-0.2, -0.15) is 0 Å². The zero-order valence-corrected chi connectivity index (χ0v) is 17.2. The first-order chi connectivity index (χ1) is 13.5. The minimum absolute atomic E-state index is 0.149. The van der Waals surface area contributed by atoms with Crippen LogP contribution >= 0.6 is 0 Å². The Labute approximate surface area is 167 Å². The predicted octanol–water partition coefficient (Wildman–Crippen LogP) is 3.75. The Bertz CT molecular complexity index is 694. The summed E-state index contributed by atoms with van der Waals surface area (Å²) >= 11 is 0. The van der Waals surface area contributed by atoms with E-state index in [1.54, 1.807) is 5.57 Å². The van der Waals surface area contributed by atoms with Crippen LogP contribution in [-0.4, -0.2) is 42.8 Å². The second kappa shape index (κ2) is 5.82. The van der Waals surface area contributed by atoms with Gasteiger partial charge in [0.1, 0.15) is 12.2 Å². The second-order valence-electron chi connectivity index (χ2n) is 10.7. The van der Waals surface area contributed by atoms with Crippen molar-refractivity contribution in [3.8, 4) is 0 Å². The van der Waals surface area contributed by atoms with Crippen LogP contribution in [0.2, 0.25) is 0 Å². The summed E-state index contributed by atoms with van der Waals surface area (Å²) in [5.74, 6) is 0.679. The summed E-state index contributed by atoms with van der Waals surface area (Å²) in [4.78, 5) is 0. The number of fused-ring (bicyclic) bond motifs is 7. The van der Waals surface area contributed by atoms with Gasteiger partial charge in [-0.05, 0) is 74.5 Å². The Morgan fingerprint density at radius 3 is 2.75 bits per heavy atom. The SMILES string of the molecule is C[C@]12CCCC=C1CC[C@@H]1[C@@H]2[C@@H](O)C[C@@]2(C)[C@H]1CC[C@@]21OCOC12COCO2. The highest BCUT2D eigenvalue weighted by Gasteiger charge is 2.76. The van der Waals surface area contributed by atoms with Crippen molar-refractivity contribution in [1.29, 1.82) is 0 Å². The van der Waals surface area contributed by atoms with Crippen molar-refractivity contribution >= 4 is 0 Å². The zero-order chi connectivity index (χ0) is 19.2. The van der Waals surface area contributed by atoms with E-state index in [4.69, 9.17) is 18.9 Å². The summed E-state index contributed by atoms with van der Waals surface area (Å²) in [7, 11) is 0. The van der Waals surface area contributed by atoms with Gasteiger partial charge in [0, 0.05) is 5.41 Å². The molecule has 2 spiro atoms. The molecule has 5 fully saturated rings. The van der Waals surface area contributed by atoms with Crippen molar-refractivity contribution in [2.45, 2.75) is 82.7 Å². The fourth-order valence-electron chi connectivity index (χ4n) is 8.86. The summed E-state index contributed by atoms with van der Waals surface area (Å²) in [6.45, 7) is 5.75. The maximum absolute atomic E-state index is 11.6. The molecule has 156 valence electrons. The molecule has 1 unspecified atom stereocenters. The predicted molar refractivity (Wildman–Crippen MR) is 102 cm³/mol. The van der Waals surface area contributed by atoms with Gasteiger partial charge in [-0.3, -0.25) is 0 Å². The van der Waals surface area contributed by atoms with E-state index in [1.807, 2.05) is 0 Å². The van der Waals surface area contributed by atoms with Gasteiger partial charge in [-0.1, -0.05) is 25.5 Å². The molecule has 0 amide bonds. The average Bonchev–Trinajstić information content (AvgIpc) is 3.36. The van der Waals surface area contributed by atoms with Crippen LogP contribution in [0, 0.1) is 28.6 Å². The first-order valence-electron chi connectivity index (χ1n) is 11.3. The number of hydrogen-bond acceptors (Lipinski definition) is 5. The molecule has 2 aliphatic heterocycles. The fraction of sp³-hybridized carbons (Fsp3) is 0.913. The van der Waals surface area contributed by atoms with E-state index in [9.17, 15) is 5.11 Å². The van der Waals surface area contributed by atoms with Crippen molar-refractivity contribution < 1.29 is 24.1 Å². The van der Waals surface area contributed by atoms with Crippen molar-refractivity contribution in [2.24, 2.45) is 28.6 Å². The van der Waals surface area contributed by atoms with E-state index in [0.29, 0.717) is 24.4 Å². The molecule has 0 aromatic heterocycles. The minimum Gasteiger partial charge on any atom is -0.393 e. The maximum Gasteiger partial charge on any atom is 0.226 e. The molecule has 3 saturated carbocycles. The maximum atomic E-state index is 11.6. The monoisotopic (exact) mass is 390 g/mol. The van der Waals surface area contributed by atoms with Gasteiger partial charge < -0.3 is 24.1 Å². The third-order valence-electron chi connectivity index (χ3n) is 9.96. The van der Waals surface area contributed by atoms with Gasteiger partial charge >= 0.3 is 0 Å². The molecule has 6 rings (SSSR count). The summed E-state index contributed by atoms with van der Waals surface area (Å²) in [6.07, 6.45) is 11.1. The molecule has 6 aliphatic rings. The third-order valence-corrected chi connectivity index (χ3v) is 9.96. The van der Waals surface area contributed by atoms with Crippen molar-refractivity contribution in [2.75, 3.05) is 20.2 Å². The quantitative estimate of drug-likeness (QED) is 0.639. The van der Waals surface area contributed by atoms with Gasteiger partial charge in [-0.25, -0.2) is 0 Å². The third kappa shape index (κ3) is 1.96. The van der Waals surface area contributed by atoms with Gasteiger partial charge in [0.05, 0.1) is 6.10 Å². The Hall–Kier alpha value is -0.460. The lowest BCUT2D eigenvalue weighted by Gasteiger charge is -2.61. The van der Waals surface area contributed by atoms with Crippen LogP contribution in [0.25, 0.3) is 0 Å². The number of rotatable bonds is 0. The molecule has 28 heavy (non-hydrogen) atoms. The second-order valence-corrected chi connectivity index (χ2v) is 10.7. The molecule has 5 heteroatoms. The van der Waals surface area contributed by atoms with Crippen LogP contribution < -0.4 is 0 Å². The molecule has 2 saturated heterocycles. The fourth-order valence-corrected chi connectivity index (χ4v) is 8.86. The minimum atomic E-state index is -0.794. The summed E-state index contributed by atoms with van der Waals surface area (Å²) in [5.41, 5.74) is 1.15. The Kier molecular flexibility index (Phi) is 3.81. The first kappa shape index (κ1) is 18.3. The van der Waals surface area contributed by atoms with Crippen LogP contribution in [0.4, 0.5) is 0 Å². The summed E-state index contributed by atoms with van der Waals surface area (Å²) < 4.78 is 24.2. The number of allylic oxidation sites excluding steroid dienone is 2. The Morgan fingerprint density at radius 1 is 1.07 bits per heavy atom. The van der Waals surface area contributed by atoms with Crippen LogP contribution in [0.1, 0.15) is 65.2 Å². The summed E-state index contributed by atoms with van der Waals surface area (Å²) in [5, 5.41) is 11.6. The lowest BCUT2D eigenvalue weighted by Crippen LogP contribution is -2.66. The topological polar surface area (TPSA) is 57.2 Å². The molecule has 0 aromatic rings. The van der Waals surface area contributed by atoms with Crippen LogP contribution in [-0.2, 0) is 18.9 Å².